The number of rotatable bonds is 13. The van der Waals surface area contributed by atoms with Gasteiger partial charge in [0.2, 0.25) is 0 Å². The molecule has 274 valence electrons. The van der Waals surface area contributed by atoms with E-state index in [0.717, 1.165) is 14.9 Å². The van der Waals surface area contributed by atoms with E-state index in [1.165, 1.54) is 56.2 Å². The standard InChI is InChI=1S/C35H39F2IN4O8S/c1-5-35(17-38-18-35)19-51(46,47)30-11-9-21(40-34(45)50-4)14-23(30)27-7-6-12-42(27)33(44)31(20-8-10-28(48-2)29(13-20)49-3)41-26-15-22(32(39)43)24(36)16-25(26)37/h8-11,13-16,19,27,31,41H,5-7,12,17-18H2,1-4H3,(H2,39,43)(H,40,45)/t27-,31-/m1/s1. The van der Waals surface area contributed by atoms with Crippen molar-refractivity contribution in [2.45, 2.75) is 43.2 Å². The number of alkyl halides is 2. The number of nitrogens with two attached hydrogens (primary N) is 1. The Hall–Kier alpha value is -4.32. The first kappa shape index (κ1) is 37.9. The van der Waals surface area contributed by atoms with Gasteiger partial charge in [0.05, 0.1) is 19.8 Å². The Morgan fingerprint density at radius 3 is 2.37 bits per heavy atom. The van der Waals surface area contributed by atoms with Crippen LogP contribution in [-0.4, -0.2) is 68.0 Å². The zero-order chi connectivity index (χ0) is 37.1. The summed E-state index contributed by atoms with van der Waals surface area (Å²) in [5, 5.41) is 5.41. The Bertz CT molecular complexity index is 1940. The molecule has 3 amide bonds. The van der Waals surface area contributed by atoms with Crippen LogP contribution >= 0.6 is 0 Å². The van der Waals surface area contributed by atoms with Gasteiger partial charge in [-0.15, -0.1) is 0 Å². The van der Waals surface area contributed by atoms with Crippen molar-refractivity contribution >= 4 is 39.1 Å². The van der Waals surface area contributed by atoms with Crippen molar-refractivity contribution < 1.29 is 67.0 Å². The summed E-state index contributed by atoms with van der Waals surface area (Å²) in [7, 11) is 0.0598. The molecule has 2 atom stereocenters. The molecule has 2 heterocycles. The Morgan fingerprint density at radius 2 is 1.76 bits per heavy atom. The second-order valence-corrected chi connectivity index (χ2v) is 16.6. The average Bonchev–Trinajstić information content (AvgIpc) is 3.59. The number of hydrogen-bond acceptors (Lipinski definition) is 9. The second-order valence-electron chi connectivity index (χ2n) is 12.3. The average molecular weight is 841 g/mol. The molecule has 0 radical (unpaired) electrons. The van der Waals surface area contributed by atoms with Crippen LogP contribution in [0.3, 0.4) is 0 Å². The molecule has 4 N–H and O–H groups in total. The molecule has 2 saturated heterocycles. The predicted octanol–water partition coefficient (Wildman–Crippen LogP) is 2.21. The first-order valence-corrected chi connectivity index (χ1v) is 20.6. The number of nitrogens with one attached hydrogen (secondary N) is 2. The summed E-state index contributed by atoms with van der Waals surface area (Å²) >= 11 is -0.0571. The molecule has 2 aliphatic heterocycles. The minimum atomic E-state index is -3.98. The van der Waals surface area contributed by atoms with Crippen molar-refractivity contribution in [1.82, 2.24) is 4.90 Å². The van der Waals surface area contributed by atoms with Crippen LogP contribution in [0, 0.1) is 22.8 Å². The van der Waals surface area contributed by atoms with Gasteiger partial charge in [-0.3, -0.25) is 4.79 Å². The molecular weight excluding hydrogens is 801 g/mol. The van der Waals surface area contributed by atoms with Crippen molar-refractivity contribution in [2.24, 2.45) is 11.1 Å². The number of benzene rings is 3. The molecule has 12 nitrogen and oxygen atoms in total. The van der Waals surface area contributed by atoms with Gasteiger partial charge in [0.15, 0.2) is 11.5 Å². The van der Waals surface area contributed by atoms with Gasteiger partial charge in [-0.2, -0.15) is 0 Å². The third kappa shape index (κ3) is 7.95. The van der Waals surface area contributed by atoms with Crippen molar-refractivity contribution in [1.29, 1.82) is 0 Å². The molecule has 2 aliphatic rings. The molecule has 0 bridgehead atoms. The van der Waals surface area contributed by atoms with E-state index in [4.69, 9.17) is 19.9 Å². The van der Waals surface area contributed by atoms with Crippen LogP contribution in [0.15, 0.2) is 53.4 Å². The normalized spacial score (nSPS) is 17.3. The molecule has 0 saturated carbocycles. The number of methoxy groups -OCH3 is 3. The molecule has 0 unspecified atom stereocenters. The number of carbonyl (C=O) groups excluding carboxylic acids is 3. The molecule has 2 fully saturated rings. The van der Waals surface area contributed by atoms with E-state index < -0.39 is 62.4 Å². The van der Waals surface area contributed by atoms with Crippen LogP contribution in [0.4, 0.5) is 25.0 Å². The number of carbonyl (C=O) groups is 3. The van der Waals surface area contributed by atoms with E-state index in [0.29, 0.717) is 42.2 Å². The summed E-state index contributed by atoms with van der Waals surface area (Å²) in [6, 6.07) is 8.32. The van der Waals surface area contributed by atoms with Crippen LogP contribution in [0.5, 0.6) is 11.5 Å². The Labute approximate surface area is 305 Å². The number of hydrogen-bond donors (Lipinski definition) is 3. The number of ether oxygens (including phenoxy) is 3. The number of sulfone groups is 1. The topological polar surface area (TPSA) is 166 Å². The predicted molar refractivity (Wildman–Crippen MR) is 181 cm³/mol. The van der Waals surface area contributed by atoms with Gasteiger partial charge >= 0.3 is 211 Å². The fourth-order valence-corrected chi connectivity index (χ4v) is 12.2. The first-order valence-electron chi connectivity index (χ1n) is 16.0. The molecule has 0 spiro atoms. The molecule has 0 aromatic heterocycles. The zero-order valence-corrected chi connectivity index (χ0v) is 31.4. The monoisotopic (exact) mass is 840 g/mol. The van der Waals surface area contributed by atoms with E-state index in [9.17, 15) is 27.2 Å². The van der Waals surface area contributed by atoms with E-state index >= 15 is 4.39 Å². The fourth-order valence-electron chi connectivity index (χ4n) is 6.22. The first-order chi connectivity index (χ1) is 24.3. The van der Waals surface area contributed by atoms with E-state index in [-0.39, 0.29) is 49.8 Å². The summed E-state index contributed by atoms with van der Waals surface area (Å²) < 4.78 is 75.2. The van der Waals surface area contributed by atoms with Gasteiger partial charge in [-0.25, -0.2) is 8.78 Å². The Morgan fingerprint density at radius 1 is 1.04 bits per heavy atom. The number of halogens is 3. The summed E-state index contributed by atoms with van der Waals surface area (Å²) in [5.74, 6) is -1.90. The van der Waals surface area contributed by atoms with Gasteiger partial charge in [0, 0.05) is 6.07 Å². The molecule has 0 aliphatic carbocycles. The Balaban J connectivity index is 1.61. The van der Waals surface area contributed by atoms with Gasteiger partial charge in [0.25, 0.3) is 5.91 Å². The van der Waals surface area contributed by atoms with E-state index in [2.05, 4.69) is 10.6 Å². The molecular formula is C35H39F2IN4O8S. The number of nitrogens with zero attached hydrogens (tertiary/aromatic N) is 1. The summed E-state index contributed by atoms with van der Waals surface area (Å²) in [6.45, 7) is 2.17. The Kier molecular flexibility index (Phi) is 11.5. The molecule has 3 aromatic carbocycles. The molecule has 51 heavy (non-hydrogen) atoms. The number of likely N-dealkylation sites (tertiary alicyclic amines) is 1. The second kappa shape index (κ2) is 15.5. The van der Waals surface area contributed by atoms with E-state index in [1.807, 2.05) is 6.92 Å². The zero-order valence-electron chi connectivity index (χ0n) is 28.4. The van der Waals surface area contributed by atoms with Crippen LogP contribution in [0.1, 0.15) is 59.8 Å². The fraction of sp³-hybridized carbons (Fsp3) is 0.371. The third-order valence-corrected chi connectivity index (χ3v) is 15.0. The minimum absolute atomic E-state index is 0.00634. The van der Waals surface area contributed by atoms with Crippen molar-refractivity contribution in [3.63, 3.8) is 0 Å². The molecule has 3 aromatic rings. The number of anilines is 2. The van der Waals surface area contributed by atoms with Crippen molar-refractivity contribution in [3.05, 3.63) is 82.6 Å². The summed E-state index contributed by atoms with van der Waals surface area (Å²) in [6.07, 6.45) is 0.774. The van der Waals surface area contributed by atoms with Crippen LogP contribution < -0.4 is 47.0 Å². The summed E-state index contributed by atoms with van der Waals surface area (Å²) in [4.78, 5) is 40.3. The third-order valence-electron chi connectivity index (χ3n) is 9.08. The number of primary amides is 1. The molecule has 16 heteroatoms. The van der Waals surface area contributed by atoms with Crippen LogP contribution in [-0.2, 0) is 19.4 Å². The summed E-state index contributed by atoms with van der Waals surface area (Å²) in [5.41, 5.74) is 4.81. The SMILES string of the molecule is CCC1([CH+]S(=O)(=O)c2ccc(NC(=O)OC)cc2[C@H]2CCCN2C(=O)[C@H](Nc2cc(C(N)=O)c(F)cc2F)c2ccc(OC)c(OC)c2)C[I-]C1. The maximum atomic E-state index is 15.2. The molecule has 5 rings (SSSR count). The van der Waals surface area contributed by atoms with Crippen LogP contribution in [0.25, 0.3) is 0 Å². The quantitative estimate of drug-likeness (QED) is 0.133. The van der Waals surface area contributed by atoms with Gasteiger partial charge in [-0.1, -0.05) is 0 Å². The van der Waals surface area contributed by atoms with Gasteiger partial charge in [-0.05, 0) is 12.1 Å². The number of amides is 3. The van der Waals surface area contributed by atoms with Gasteiger partial charge in [0.1, 0.15) is 11.6 Å². The van der Waals surface area contributed by atoms with E-state index in [1.54, 1.807) is 12.1 Å². The van der Waals surface area contributed by atoms with Crippen LogP contribution in [0.2, 0.25) is 0 Å². The van der Waals surface area contributed by atoms with Crippen molar-refractivity contribution in [3.8, 4) is 11.5 Å². The maximum absolute atomic E-state index is 15.2. The van der Waals surface area contributed by atoms with Gasteiger partial charge < -0.3 is 15.2 Å². The van der Waals surface area contributed by atoms with Crippen molar-refractivity contribution in [2.75, 3.05) is 47.4 Å².